The molecule has 0 amide bonds. The smallest absolute Gasteiger partial charge is 0.310 e. The molecular weight excluding hydrogens is 263 g/mol. The van der Waals surface area contributed by atoms with E-state index in [1.165, 1.54) is 12.1 Å². The van der Waals surface area contributed by atoms with E-state index in [1.54, 1.807) is 0 Å². The molecule has 2 atom stereocenters. The van der Waals surface area contributed by atoms with Crippen LogP contribution in [-0.2, 0) is 12.7 Å². The number of nitrogens with one attached hydrogen (secondary N) is 1. The maximum absolute atomic E-state index is 12.4. The SMILES string of the molecule is CC(CCl)C(C)NCc1ccc(C(F)(F)F)cc1. The summed E-state index contributed by atoms with van der Waals surface area (Å²) in [7, 11) is 0. The van der Waals surface area contributed by atoms with Gasteiger partial charge in [-0.1, -0.05) is 19.1 Å². The molecule has 0 aromatic heterocycles. The van der Waals surface area contributed by atoms with Gasteiger partial charge in [0, 0.05) is 18.5 Å². The van der Waals surface area contributed by atoms with Gasteiger partial charge in [0.25, 0.3) is 0 Å². The summed E-state index contributed by atoms with van der Waals surface area (Å²) in [4.78, 5) is 0. The normalized spacial score (nSPS) is 15.4. The number of rotatable bonds is 5. The summed E-state index contributed by atoms with van der Waals surface area (Å²) in [6, 6.07) is 5.42. The summed E-state index contributed by atoms with van der Waals surface area (Å²) in [5.41, 5.74) is 0.213. The Labute approximate surface area is 110 Å². The van der Waals surface area contributed by atoms with Crippen LogP contribution >= 0.6 is 11.6 Å². The van der Waals surface area contributed by atoms with E-state index in [0.717, 1.165) is 17.7 Å². The average Bonchev–Trinajstić information content (AvgIpc) is 2.34. The number of hydrogen-bond acceptors (Lipinski definition) is 1. The molecule has 18 heavy (non-hydrogen) atoms. The highest BCUT2D eigenvalue weighted by Crippen LogP contribution is 2.29. The molecule has 0 bridgehead atoms. The van der Waals surface area contributed by atoms with E-state index in [2.05, 4.69) is 5.32 Å². The maximum Gasteiger partial charge on any atom is 0.416 e. The molecular formula is C13H17ClF3N. The minimum Gasteiger partial charge on any atom is -0.310 e. The molecule has 1 rings (SSSR count). The Balaban J connectivity index is 2.54. The zero-order valence-electron chi connectivity index (χ0n) is 10.4. The molecule has 0 saturated carbocycles. The van der Waals surface area contributed by atoms with Crippen LogP contribution < -0.4 is 5.32 Å². The Hall–Kier alpha value is -0.740. The van der Waals surface area contributed by atoms with Crippen LogP contribution in [0.2, 0.25) is 0 Å². The number of alkyl halides is 4. The molecule has 0 heterocycles. The molecule has 5 heteroatoms. The summed E-state index contributed by atoms with van der Waals surface area (Å²) in [6.45, 7) is 4.58. The first-order chi connectivity index (χ1) is 8.34. The van der Waals surface area contributed by atoms with E-state index in [0.29, 0.717) is 18.3 Å². The lowest BCUT2D eigenvalue weighted by Gasteiger charge is -2.19. The first-order valence-corrected chi connectivity index (χ1v) is 6.33. The highest BCUT2D eigenvalue weighted by atomic mass is 35.5. The fourth-order valence-corrected chi connectivity index (χ4v) is 1.69. The van der Waals surface area contributed by atoms with E-state index in [-0.39, 0.29) is 6.04 Å². The topological polar surface area (TPSA) is 12.0 Å². The summed E-state index contributed by atoms with van der Waals surface area (Å²) in [6.07, 6.45) is -4.27. The standard InChI is InChI=1S/C13H17ClF3N/c1-9(7-14)10(2)18-8-11-3-5-12(6-4-11)13(15,16)17/h3-6,9-10,18H,7-8H2,1-2H3. The van der Waals surface area contributed by atoms with Crippen LogP contribution in [0.15, 0.2) is 24.3 Å². The van der Waals surface area contributed by atoms with E-state index in [1.807, 2.05) is 13.8 Å². The summed E-state index contributed by atoms with van der Waals surface area (Å²) in [5.74, 6) is 0.877. The highest BCUT2D eigenvalue weighted by Gasteiger charge is 2.29. The van der Waals surface area contributed by atoms with E-state index in [4.69, 9.17) is 11.6 Å². The third kappa shape index (κ3) is 4.50. The largest absolute Gasteiger partial charge is 0.416 e. The van der Waals surface area contributed by atoms with Crippen molar-refractivity contribution in [2.24, 2.45) is 5.92 Å². The Morgan fingerprint density at radius 1 is 1.17 bits per heavy atom. The minimum absolute atomic E-state index is 0.227. The molecule has 0 aliphatic carbocycles. The zero-order valence-corrected chi connectivity index (χ0v) is 11.1. The maximum atomic E-state index is 12.4. The van der Waals surface area contributed by atoms with Crippen LogP contribution in [0.4, 0.5) is 13.2 Å². The molecule has 0 fully saturated rings. The van der Waals surface area contributed by atoms with Crippen LogP contribution in [0, 0.1) is 5.92 Å². The first kappa shape index (κ1) is 15.3. The lowest BCUT2D eigenvalue weighted by Crippen LogP contribution is -2.32. The van der Waals surface area contributed by atoms with Gasteiger partial charge in [0.05, 0.1) is 5.56 Å². The van der Waals surface area contributed by atoms with Crippen molar-refractivity contribution >= 4 is 11.6 Å². The van der Waals surface area contributed by atoms with Gasteiger partial charge in [-0.15, -0.1) is 11.6 Å². The molecule has 0 aliphatic rings. The third-order valence-electron chi connectivity index (χ3n) is 3.01. The molecule has 0 aliphatic heterocycles. The van der Waals surface area contributed by atoms with Gasteiger partial charge in [0.1, 0.15) is 0 Å². The van der Waals surface area contributed by atoms with Crippen molar-refractivity contribution in [3.63, 3.8) is 0 Å². The van der Waals surface area contributed by atoms with Crippen LogP contribution in [0.5, 0.6) is 0 Å². The second kappa shape index (κ2) is 6.43. The van der Waals surface area contributed by atoms with Crippen LogP contribution in [-0.4, -0.2) is 11.9 Å². The predicted molar refractivity (Wildman–Crippen MR) is 67.6 cm³/mol. The molecule has 2 unspecified atom stereocenters. The fourth-order valence-electron chi connectivity index (χ4n) is 1.43. The molecule has 1 nitrogen and oxygen atoms in total. The van der Waals surface area contributed by atoms with Crippen molar-refractivity contribution in [1.29, 1.82) is 0 Å². The summed E-state index contributed by atoms with van der Waals surface area (Å²) < 4.78 is 37.1. The van der Waals surface area contributed by atoms with E-state index >= 15 is 0 Å². The van der Waals surface area contributed by atoms with Crippen molar-refractivity contribution in [2.75, 3.05) is 5.88 Å². The average molecular weight is 280 g/mol. The molecule has 1 N–H and O–H groups in total. The second-order valence-corrected chi connectivity index (χ2v) is 4.80. The van der Waals surface area contributed by atoms with E-state index in [9.17, 15) is 13.2 Å². The van der Waals surface area contributed by atoms with Gasteiger partial charge >= 0.3 is 6.18 Å². The van der Waals surface area contributed by atoms with Gasteiger partial charge in [-0.3, -0.25) is 0 Å². The minimum atomic E-state index is -4.27. The lowest BCUT2D eigenvalue weighted by atomic mass is 10.1. The molecule has 102 valence electrons. The second-order valence-electron chi connectivity index (χ2n) is 4.50. The van der Waals surface area contributed by atoms with Crippen LogP contribution in [0.1, 0.15) is 25.0 Å². The van der Waals surface area contributed by atoms with Crippen LogP contribution in [0.25, 0.3) is 0 Å². The van der Waals surface area contributed by atoms with Gasteiger partial charge in [-0.2, -0.15) is 13.2 Å². The van der Waals surface area contributed by atoms with Crippen molar-refractivity contribution in [1.82, 2.24) is 5.32 Å². The molecule has 0 radical (unpaired) electrons. The lowest BCUT2D eigenvalue weighted by molar-refractivity contribution is -0.137. The summed E-state index contributed by atoms with van der Waals surface area (Å²) >= 11 is 5.73. The van der Waals surface area contributed by atoms with Crippen molar-refractivity contribution in [3.05, 3.63) is 35.4 Å². The summed E-state index contributed by atoms with van der Waals surface area (Å²) in [5, 5.41) is 3.24. The molecule has 0 saturated heterocycles. The third-order valence-corrected chi connectivity index (χ3v) is 3.49. The van der Waals surface area contributed by atoms with Gasteiger partial charge in [0.2, 0.25) is 0 Å². The monoisotopic (exact) mass is 279 g/mol. The number of hydrogen-bond donors (Lipinski definition) is 1. The van der Waals surface area contributed by atoms with Crippen molar-refractivity contribution < 1.29 is 13.2 Å². The number of benzene rings is 1. The quantitative estimate of drug-likeness (QED) is 0.802. The molecule has 1 aromatic rings. The molecule has 0 spiro atoms. The van der Waals surface area contributed by atoms with Crippen molar-refractivity contribution in [3.8, 4) is 0 Å². The van der Waals surface area contributed by atoms with Gasteiger partial charge in [0.15, 0.2) is 0 Å². The Morgan fingerprint density at radius 2 is 1.72 bits per heavy atom. The molecule has 1 aromatic carbocycles. The van der Waals surface area contributed by atoms with Gasteiger partial charge in [-0.25, -0.2) is 0 Å². The Kier molecular flexibility index (Phi) is 5.47. The Bertz CT molecular complexity index is 361. The van der Waals surface area contributed by atoms with Crippen molar-refractivity contribution in [2.45, 2.75) is 32.6 Å². The zero-order chi connectivity index (χ0) is 13.8. The number of halogens is 4. The predicted octanol–water partition coefficient (Wildman–Crippen LogP) is 4.06. The van der Waals surface area contributed by atoms with Gasteiger partial charge < -0.3 is 5.32 Å². The fraction of sp³-hybridized carbons (Fsp3) is 0.538. The van der Waals surface area contributed by atoms with Gasteiger partial charge in [-0.05, 0) is 30.5 Å². The first-order valence-electron chi connectivity index (χ1n) is 5.80. The van der Waals surface area contributed by atoms with Crippen LogP contribution in [0.3, 0.4) is 0 Å². The Morgan fingerprint density at radius 3 is 2.17 bits per heavy atom. The highest BCUT2D eigenvalue weighted by molar-refractivity contribution is 6.18. The van der Waals surface area contributed by atoms with E-state index < -0.39 is 11.7 Å².